The number of carbonyl (C=O) groups is 2. The molecule has 1 aromatic heterocycles. The normalized spacial score (nSPS) is 10.9. The van der Waals surface area contributed by atoms with E-state index in [-0.39, 0.29) is 18.0 Å². The fourth-order valence-electron chi connectivity index (χ4n) is 2.78. The first-order valence-electron chi connectivity index (χ1n) is 8.31. The summed E-state index contributed by atoms with van der Waals surface area (Å²) < 4.78 is 13.1. The van der Waals surface area contributed by atoms with E-state index in [0.29, 0.717) is 28.7 Å². The van der Waals surface area contributed by atoms with E-state index >= 15 is 0 Å². The van der Waals surface area contributed by atoms with Crippen LogP contribution in [-0.4, -0.2) is 23.5 Å². The minimum Gasteiger partial charge on any atom is -0.491 e. The smallest absolute Gasteiger partial charge is 0.311 e. The van der Waals surface area contributed by atoms with Gasteiger partial charge in [0.1, 0.15) is 23.5 Å². The number of carbonyl (C=O) groups excluding carboxylic acids is 1. The lowest BCUT2D eigenvalue weighted by Crippen LogP contribution is -2.09. The number of hydrogen-bond acceptors (Lipinski definition) is 4. The highest BCUT2D eigenvalue weighted by molar-refractivity contribution is 14.1. The third-order valence-electron chi connectivity index (χ3n) is 3.92. The Morgan fingerprint density at radius 3 is 2.44 bits per heavy atom. The van der Waals surface area contributed by atoms with Crippen LogP contribution in [0.2, 0.25) is 0 Å². The van der Waals surface area contributed by atoms with Crippen molar-refractivity contribution in [2.45, 2.75) is 19.8 Å². The zero-order chi connectivity index (χ0) is 19.6. The molecular weight excluding hydrogens is 574 g/mol. The monoisotopic (exact) mass is 590 g/mol. The number of benzene rings is 2. The van der Waals surface area contributed by atoms with E-state index in [4.69, 9.17) is 9.15 Å². The third-order valence-corrected chi connectivity index (χ3v) is 5.52. The lowest BCUT2D eigenvalue weighted by molar-refractivity contribution is -0.136. The second-order valence-corrected chi connectivity index (χ2v) is 8.24. The first kappa shape index (κ1) is 20.1. The minimum atomic E-state index is -1.05. The molecule has 27 heavy (non-hydrogen) atoms. The van der Waals surface area contributed by atoms with Crippen molar-refractivity contribution in [2.75, 3.05) is 6.61 Å². The zero-order valence-corrected chi connectivity index (χ0v) is 18.7. The van der Waals surface area contributed by atoms with Crippen molar-refractivity contribution in [2.24, 2.45) is 0 Å². The molecule has 0 fully saturated rings. The number of hydrogen-bond donors (Lipinski definition) is 1. The number of carboxylic acids is 1. The van der Waals surface area contributed by atoms with E-state index in [1.165, 1.54) is 0 Å². The second-order valence-electron chi connectivity index (χ2n) is 5.91. The van der Waals surface area contributed by atoms with Crippen molar-refractivity contribution in [1.29, 1.82) is 0 Å². The van der Waals surface area contributed by atoms with Gasteiger partial charge in [-0.3, -0.25) is 9.59 Å². The predicted octanol–water partition coefficient (Wildman–Crippen LogP) is 5.29. The Balaban J connectivity index is 2.09. The molecular formula is C20H16I2O5. The second kappa shape index (κ2) is 8.59. The molecule has 0 radical (unpaired) electrons. The quantitative estimate of drug-likeness (QED) is 0.299. The molecule has 3 aromatic rings. The van der Waals surface area contributed by atoms with Gasteiger partial charge < -0.3 is 14.3 Å². The van der Waals surface area contributed by atoms with Crippen LogP contribution in [0.15, 0.2) is 40.8 Å². The van der Waals surface area contributed by atoms with Crippen LogP contribution in [0.3, 0.4) is 0 Å². The van der Waals surface area contributed by atoms with Crippen LogP contribution in [0.1, 0.15) is 35.0 Å². The van der Waals surface area contributed by atoms with E-state index < -0.39 is 5.97 Å². The van der Waals surface area contributed by atoms with Gasteiger partial charge in [-0.25, -0.2) is 0 Å². The van der Waals surface area contributed by atoms with Crippen molar-refractivity contribution < 1.29 is 23.8 Å². The van der Waals surface area contributed by atoms with Gasteiger partial charge in [0.25, 0.3) is 0 Å². The van der Waals surface area contributed by atoms with Gasteiger partial charge in [0.2, 0.25) is 0 Å². The molecule has 0 saturated heterocycles. The summed E-state index contributed by atoms with van der Waals surface area (Å²) in [6.07, 6.45) is 0.550. The first-order valence-corrected chi connectivity index (χ1v) is 10.5. The van der Waals surface area contributed by atoms with Gasteiger partial charge in [-0.2, -0.15) is 0 Å². The molecule has 0 aliphatic heterocycles. The number of ketones is 1. The Hall–Kier alpha value is -1.62. The maximum atomic E-state index is 13.3. The number of halogens is 2. The van der Waals surface area contributed by atoms with Gasteiger partial charge in [-0.05, 0) is 69.8 Å². The highest BCUT2D eigenvalue weighted by Crippen LogP contribution is 2.33. The molecule has 0 spiro atoms. The standard InChI is InChI=1S/C20H16I2O5/c1-2-7-26-20-13(21)8-11(9-14(20)22)19(25)18-12-5-3-4-6-15(12)27-16(18)10-17(23)24/h3-6,8-9H,2,7,10H2,1H3,(H,23,24). The van der Waals surface area contributed by atoms with Crippen molar-refractivity contribution in [3.8, 4) is 5.75 Å². The first-order chi connectivity index (χ1) is 12.9. The van der Waals surface area contributed by atoms with Gasteiger partial charge in [0, 0.05) is 10.9 Å². The summed E-state index contributed by atoms with van der Waals surface area (Å²) in [7, 11) is 0. The molecule has 0 bridgehead atoms. The van der Waals surface area contributed by atoms with Crippen molar-refractivity contribution in [3.05, 3.63) is 60.4 Å². The maximum Gasteiger partial charge on any atom is 0.311 e. The molecule has 0 aliphatic rings. The summed E-state index contributed by atoms with van der Waals surface area (Å²) in [6.45, 7) is 2.64. The SMILES string of the molecule is CCCOc1c(I)cc(C(=O)c2c(CC(=O)O)oc3ccccc23)cc1I. The van der Waals surface area contributed by atoms with Gasteiger partial charge in [-0.1, -0.05) is 25.1 Å². The van der Waals surface area contributed by atoms with E-state index in [1.54, 1.807) is 36.4 Å². The lowest BCUT2D eigenvalue weighted by Gasteiger charge is -2.11. The van der Waals surface area contributed by atoms with Gasteiger partial charge in [-0.15, -0.1) is 0 Å². The summed E-state index contributed by atoms with van der Waals surface area (Å²) >= 11 is 4.30. The average molecular weight is 590 g/mol. The molecule has 0 unspecified atom stereocenters. The molecule has 3 rings (SSSR count). The van der Waals surface area contributed by atoms with E-state index in [2.05, 4.69) is 45.2 Å². The van der Waals surface area contributed by atoms with Gasteiger partial charge in [0.15, 0.2) is 5.78 Å². The van der Waals surface area contributed by atoms with Crippen molar-refractivity contribution >= 4 is 67.9 Å². The zero-order valence-electron chi connectivity index (χ0n) is 14.4. The van der Waals surface area contributed by atoms with E-state index in [9.17, 15) is 14.7 Å². The molecule has 2 aromatic carbocycles. The van der Waals surface area contributed by atoms with Crippen molar-refractivity contribution in [3.63, 3.8) is 0 Å². The van der Waals surface area contributed by atoms with Crippen LogP contribution in [-0.2, 0) is 11.2 Å². The molecule has 140 valence electrons. The third kappa shape index (κ3) is 4.29. The Morgan fingerprint density at radius 1 is 1.15 bits per heavy atom. The van der Waals surface area contributed by atoms with E-state index in [0.717, 1.165) is 19.3 Å². The molecule has 0 saturated carbocycles. The molecule has 0 aliphatic carbocycles. The molecule has 0 amide bonds. The average Bonchev–Trinajstić information content (AvgIpc) is 2.97. The molecule has 0 atom stereocenters. The number of carboxylic acid groups (broad SMARTS) is 1. The Labute approximate surface area is 183 Å². The van der Waals surface area contributed by atoms with Crippen LogP contribution in [0.5, 0.6) is 5.75 Å². The highest BCUT2D eigenvalue weighted by atomic mass is 127. The summed E-state index contributed by atoms with van der Waals surface area (Å²) in [5.74, 6) is -0.368. The summed E-state index contributed by atoms with van der Waals surface area (Å²) in [5.41, 5.74) is 1.29. The Kier molecular flexibility index (Phi) is 6.40. The number of rotatable bonds is 7. The fraction of sp³-hybridized carbons (Fsp3) is 0.200. The number of fused-ring (bicyclic) bond motifs is 1. The van der Waals surface area contributed by atoms with Crippen LogP contribution >= 0.6 is 45.2 Å². The molecule has 1 heterocycles. The van der Waals surface area contributed by atoms with E-state index in [1.807, 2.05) is 6.92 Å². The van der Waals surface area contributed by atoms with Crippen LogP contribution in [0, 0.1) is 7.14 Å². The summed E-state index contributed by atoms with van der Waals surface area (Å²) in [4.78, 5) is 24.5. The summed E-state index contributed by atoms with van der Waals surface area (Å²) in [5, 5.41) is 9.81. The molecule has 1 N–H and O–H groups in total. The topological polar surface area (TPSA) is 76.7 Å². The largest absolute Gasteiger partial charge is 0.491 e. The fourth-order valence-corrected chi connectivity index (χ4v) is 4.86. The van der Waals surface area contributed by atoms with Crippen LogP contribution < -0.4 is 4.74 Å². The number of ether oxygens (including phenoxy) is 1. The Bertz CT molecular complexity index is 999. The maximum absolute atomic E-state index is 13.3. The van der Waals surface area contributed by atoms with Crippen LogP contribution in [0.25, 0.3) is 11.0 Å². The number of para-hydroxylation sites is 1. The van der Waals surface area contributed by atoms with Gasteiger partial charge >= 0.3 is 5.97 Å². The summed E-state index contributed by atoms with van der Waals surface area (Å²) in [6, 6.07) is 10.6. The predicted molar refractivity (Wildman–Crippen MR) is 119 cm³/mol. The van der Waals surface area contributed by atoms with Crippen molar-refractivity contribution in [1.82, 2.24) is 0 Å². The minimum absolute atomic E-state index is 0.171. The lowest BCUT2D eigenvalue weighted by atomic mass is 9.99. The number of aliphatic carboxylic acids is 1. The van der Waals surface area contributed by atoms with Crippen LogP contribution in [0.4, 0.5) is 0 Å². The molecule has 7 heteroatoms. The highest BCUT2D eigenvalue weighted by Gasteiger charge is 2.24. The number of furan rings is 1. The van der Waals surface area contributed by atoms with Gasteiger partial charge in [0.05, 0.1) is 19.3 Å². The molecule has 5 nitrogen and oxygen atoms in total. The Morgan fingerprint density at radius 2 is 1.81 bits per heavy atom.